The number of nitrogens with zero attached hydrogens (tertiary/aromatic N) is 3. The minimum absolute atomic E-state index is 0.0521. The van der Waals surface area contributed by atoms with Crippen molar-refractivity contribution in [1.29, 1.82) is 0 Å². The van der Waals surface area contributed by atoms with Gasteiger partial charge in [-0.05, 0) is 25.8 Å². The molecule has 1 atom stereocenters. The highest BCUT2D eigenvalue weighted by Crippen LogP contribution is 2.24. The third-order valence-corrected chi connectivity index (χ3v) is 5.28. The number of carbonyl (C=O) groups is 1. The minimum atomic E-state index is 0.0521. The lowest BCUT2D eigenvalue weighted by molar-refractivity contribution is -0.121. The largest absolute Gasteiger partial charge is 0.381 e. The number of hydrogen-bond donors (Lipinski definition) is 0. The molecule has 7 heteroatoms. The van der Waals surface area contributed by atoms with E-state index in [-0.39, 0.29) is 12.0 Å². The van der Waals surface area contributed by atoms with Crippen molar-refractivity contribution in [3.05, 3.63) is 11.6 Å². The maximum absolute atomic E-state index is 12.8. The van der Waals surface area contributed by atoms with E-state index >= 15 is 0 Å². The van der Waals surface area contributed by atoms with Crippen molar-refractivity contribution in [3.63, 3.8) is 0 Å². The Morgan fingerprint density at radius 2 is 2.26 bits per heavy atom. The lowest BCUT2D eigenvalue weighted by atomic mass is 9.96. The second kappa shape index (κ2) is 8.19. The molecule has 1 amide bonds. The monoisotopic (exact) mass is 339 g/mol. The molecule has 0 spiro atoms. The fourth-order valence-electron chi connectivity index (χ4n) is 3.12. The van der Waals surface area contributed by atoms with Crippen LogP contribution in [0.1, 0.15) is 19.3 Å². The normalized spacial score (nSPS) is 23.8. The summed E-state index contributed by atoms with van der Waals surface area (Å²) in [6.45, 7) is 4.65. The number of rotatable bonds is 5. The fraction of sp³-hybridized carbons (Fsp3) is 0.750. The third-order valence-electron chi connectivity index (χ3n) is 4.48. The number of hydrogen-bond acceptors (Lipinski definition) is 6. The van der Waals surface area contributed by atoms with Crippen LogP contribution >= 0.6 is 11.3 Å². The van der Waals surface area contributed by atoms with Crippen LogP contribution in [0.3, 0.4) is 0 Å². The van der Waals surface area contributed by atoms with Crippen LogP contribution < -0.4 is 4.90 Å². The topological polar surface area (TPSA) is 54.9 Å². The van der Waals surface area contributed by atoms with Crippen molar-refractivity contribution in [1.82, 2.24) is 9.88 Å². The van der Waals surface area contributed by atoms with Gasteiger partial charge in [-0.15, -0.1) is 11.3 Å². The van der Waals surface area contributed by atoms with Crippen LogP contribution in [0, 0.1) is 5.92 Å². The lowest BCUT2D eigenvalue weighted by Crippen LogP contribution is -2.48. The van der Waals surface area contributed by atoms with Crippen molar-refractivity contribution < 1.29 is 14.3 Å². The van der Waals surface area contributed by atoms with E-state index in [4.69, 9.17) is 9.47 Å². The average Bonchev–Trinajstić information content (AvgIpc) is 3.07. The van der Waals surface area contributed by atoms with Gasteiger partial charge in [0.2, 0.25) is 5.91 Å². The predicted molar refractivity (Wildman–Crippen MR) is 89.9 cm³/mol. The number of anilines is 1. The quantitative estimate of drug-likeness (QED) is 0.816. The number of ether oxygens (including phenoxy) is 2. The van der Waals surface area contributed by atoms with Gasteiger partial charge >= 0.3 is 0 Å². The van der Waals surface area contributed by atoms with Crippen LogP contribution in [0.4, 0.5) is 5.13 Å². The molecule has 3 rings (SSSR count). The van der Waals surface area contributed by atoms with Gasteiger partial charge in [0.15, 0.2) is 5.13 Å². The summed E-state index contributed by atoms with van der Waals surface area (Å²) >= 11 is 1.51. The Hall–Kier alpha value is -1.02. The highest BCUT2D eigenvalue weighted by molar-refractivity contribution is 7.13. The van der Waals surface area contributed by atoms with E-state index in [1.54, 1.807) is 6.20 Å². The molecule has 1 aromatic rings. The van der Waals surface area contributed by atoms with E-state index in [0.29, 0.717) is 18.9 Å². The smallest absolute Gasteiger partial charge is 0.229 e. The second-order valence-corrected chi connectivity index (χ2v) is 7.21. The number of morpholine rings is 1. The Labute approximate surface area is 141 Å². The molecule has 6 nitrogen and oxygen atoms in total. The summed E-state index contributed by atoms with van der Waals surface area (Å²) in [4.78, 5) is 21.3. The van der Waals surface area contributed by atoms with Crippen LogP contribution in [-0.2, 0) is 14.3 Å². The van der Waals surface area contributed by atoms with Crippen LogP contribution in [0.5, 0.6) is 0 Å². The van der Waals surface area contributed by atoms with Gasteiger partial charge in [0.25, 0.3) is 0 Å². The summed E-state index contributed by atoms with van der Waals surface area (Å²) in [5.74, 6) is 0.581. The number of likely N-dealkylation sites (N-methyl/N-ethyl adjacent to an activating group) is 1. The molecule has 0 aromatic carbocycles. The Morgan fingerprint density at radius 3 is 2.96 bits per heavy atom. The molecule has 0 saturated carbocycles. The second-order valence-electron chi connectivity index (χ2n) is 6.33. The van der Waals surface area contributed by atoms with Crippen LogP contribution in [-0.4, -0.2) is 68.4 Å². The zero-order valence-corrected chi connectivity index (χ0v) is 14.5. The SMILES string of the molecule is CN1CCOC(CN(C(=O)CC2CCOCC2)c2nccs2)C1. The first-order valence-electron chi connectivity index (χ1n) is 8.30. The average molecular weight is 339 g/mol. The number of carbonyl (C=O) groups excluding carboxylic acids is 1. The highest BCUT2D eigenvalue weighted by Gasteiger charge is 2.28. The molecule has 0 bridgehead atoms. The number of amides is 1. The molecular formula is C16H25N3O3S. The summed E-state index contributed by atoms with van der Waals surface area (Å²) in [7, 11) is 2.09. The summed E-state index contributed by atoms with van der Waals surface area (Å²) in [6.07, 6.45) is 4.32. The van der Waals surface area contributed by atoms with Gasteiger partial charge in [-0.25, -0.2) is 4.98 Å². The Bertz CT molecular complexity index is 491. The third kappa shape index (κ3) is 4.73. The first-order chi connectivity index (χ1) is 11.2. The molecule has 3 heterocycles. The standard InChI is InChI=1S/C16H25N3O3S/c1-18-5-8-22-14(11-18)12-19(16-17-4-9-23-16)15(20)10-13-2-6-21-7-3-13/h4,9,13-14H,2-3,5-8,10-12H2,1H3. The van der Waals surface area contributed by atoms with Crippen LogP contribution in [0.25, 0.3) is 0 Å². The van der Waals surface area contributed by atoms with Crippen molar-refractivity contribution in [2.45, 2.75) is 25.4 Å². The minimum Gasteiger partial charge on any atom is -0.381 e. The fourth-order valence-corrected chi connectivity index (χ4v) is 3.79. The van der Waals surface area contributed by atoms with E-state index in [1.165, 1.54) is 11.3 Å². The zero-order valence-electron chi connectivity index (χ0n) is 13.6. The molecule has 2 aliphatic heterocycles. The first-order valence-corrected chi connectivity index (χ1v) is 9.18. The van der Waals surface area contributed by atoms with E-state index in [9.17, 15) is 4.79 Å². The predicted octanol–water partition coefficient (Wildman–Crippen LogP) is 1.62. The number of aromatic nitrogens is 1. The van der Waals surface area contributed by atoms with E-state index < -0.39 is 0 Å². The van der Waals surface area contributed by atoms with E-state index in [1.807, 2.05) is 10.3 Å². The molecular weight excluding hydrogens is 314 g/mol. The van der Waals surface area contributed by atoms with Crippen molar-refractivity contribution >= 4 is 22.4 Å². The summed E-state index contributed by atoms with van der Waals surface area (Å²) in [5.41, 5.74) is 0. The maximum atomic E-state index is 12.8. The molecule has 1 unspecified atom stereocenters. The summed E-state index contributed by atoms with van der Waals surface area (Å²) in [5, 5.41) is 2.69. The molecule has 1 aromatic heterocycles. The van der Waals surface area contributed by atoms with E-state index in [0.717, 1.165) is 50.9 Å². The van der Waals surface area contributed by atoms with E-state index in [2.05, 4.69) is 16.9 Å². The Kier molecular flexibility index (Phi) is 5.99. The number of thiazole rings is 1. The molecule has 2 aliphatic rings. The Balaban J connectivity index is 1.64. The van der Waals surface area contributed by atoms with Gasteiger partial charge in [-0.1, -0.05) is 0 Å². The van der Waals surface area contributed by atoms with Crippen molar-refractivity contribution in [2.75, 3.05) is 51.4 Å². The summed E-state index contributed by atoms with van der Waals surface area (Å²) < 4.78 is 11.2. The molecule has 2 fully saturated rings. The van der Waals surface area contributed by atoms with Gasteiger partial charge in [-0.3, -0.25) is 9.69 Å². The zero-order chi connectivity index (χ0) is 16.1. The molecule has 0 radical (unpaired) electrons. The first kappa shape index (κ1) is 16.8. The van der Waals surface area contributed by atoms with Crippen LogP contribution in [0.15, 0.2) is 11.6 Å². The van der Waals surface area contributed by atoms with Crippen molar-refractivity contribution in [2.24, 2.45) is 5.92 Å². The summed E-state index contributed by atoms with van der Waals surface area (Å²) in [6, 6.07) is 0. The molecule has 23 heavy (non-hydrogen) atoms. The molecule has 0 aliphatic carbocycles. The molecule has 0 N–H and O–H groups in total. The maximum Gasteiger partial charge on any atom is 0.229 e. The molecule has 2 saturated heterocycles. The van der Waals surface area contributed by atoms with Gasteiger partial charge < -0.3 is 14.4 Å². The van der Waals surface area contributed by atoms with Gasteiger partial charge in [0.1, 0.15) is 0 Å². The van der Waals surface area contributed by atoms with Gasteiger partial charge in [-0.2, -0.15) is 0 Å². The highest BCUT2D eigenvalue weighted by atomic mass is 32.1. The van der Waals surface area contributed by atoms with Crippen LogP contribution in [0.2, 0.25) is 0 Å². The van der Waals surface area contributed by atoms with Gasteiger partial charge in [0, 0.05) is 44.3 Å². The molecule has 128 valence electrons. The lowest BCUT2D eigenvalue weighted by Gasteiger charge is -2.33. The Morgan fingerprint density at radius 1 is 1.43 bits per heavy atom. The van der Waals surface area contributed by atoms with Gasteiger partial charge in [0.05, 0.1) is 19.3 Å². The van der Waals surface area contributed by atoms with Crippen molar-refractivity contribution in [3.8, 4) is 0 Å².